The van der Waals surface area contributed by atoms with E-state index in [1.165, 1.54) is 0 Å². The van der Waals surface area contributed by atoms with E-state index in [9.17, 15) is 9.59 Å². The van der Waals surface area contributed by atoms with Crippen LogP contribution in [0.15, 0.2) is 42.6 Å². The van der Waals surface area contributed by atoms with Gasteiger partial charge in [0.15, 0.2) is 5.60 Å². The topological polar surface area (TPSA) is 127 Å². The zero-order valence-corrected chi connectivity index (χ0v) is 19.4. The fraction of sp³-hybridized carbons (Fsp3) is 0.280. The number of benzene rings is 2. The number of aromatic nitrogens is 2. The van der Waals surface area contributed by atoms with Gasteiger partial charge >= 0.3 is 6.09 Å². The zero-order chi connectivity index (χ0) is 24.3. The summed E-state index contributed by atoms with van der Waals surface area (Å²) in [7, 11) is 0. The largest absolute Gasteiger partial charge is 0.476 e. The number of hydrogen-bond acceptors (Lipinski definition) is 8. The van der Waals surface area contributed by atoms with Crippen LogP contribution in [-0.2, 0) is 16.0 Å². The lowest BCUT2D eigenvalue weighted by molar-refractivity contribution is -0.129. The Morgan fingerprint density at radius 3 is 2.74 bits per heavy atom. The number of rotatable bonds is 4. The molecular weight excluding hydrogens is 448 g/mol. The Kier molecular flexibility index (Phi) is 4.60. The third-order valence-corrected chi connectivity index (χ3v) is 6.44. The fourth-order valence-corrected chi connectivity index (χ4v) is 4.54. The van der Waals surface area contributed by atoms with Crippen molar-refractivity contribution in [2.75, 3.05) is 16.0 Å². The van der Waals surface area contributed by atoms with Gasteiger partial charge in [0.05, 0.1) is 11.7 Å². The molecule has 0 spiro atoms. The van der Waals surface area contributed by atoms with Gasteiger partial charge in [0.2, 0.25) is 5.95 Å². The Hall–Kier alpha value is -4.34. The number of amides is 2. The molecule has 3 aliphatic rings. The molecule has 2 amide bonds. The summed E-state index contributed by atoms with van der Waals surface area (Å²) in [6.45, 7) is 5.37. The number of nitrogens with zero attached hydrogens (tertiary/aromatic N) is 2. The predicted molar refractivity (Wildman–Crippen MR) is 129 cm³/mol. The first kappa shape index (κ1) is 21.2. The van der Waals surface area contributed by atoms with Crippen molar-refractivity contribution in [3.05, 3.63) is 59.3 Å². The van der Waals surface area contributed by atoms with Crippen LogP contribution in [0, 0.1) is 6.92 Å². The minimum Gasteiger partial charge on any atom is -0.476 e. The SMILES string of the molecule is Cc1cnc(Nc2ccc3c(c2)[C@H]2NC(=O)OC2C3)nc1Nc1ccc2c(c1)NC(=O)C(C)(C)O2. The Balaban J connectivity index is 1.22. The first-order valence-corrected chi connectivity index (χ1v) is 11.4. The number of aryl methyl sites for hydroxylation is 1. The maximum Gasteiger partial charge on any atom is 0.408 e. The number of nitrogens with one attached hydrogen (secondary N) is 4. The Morgan fingerprint density at radius 1 is 1.09 bits per heavy atom. The molecule has 0 saturated carbocycles. The average molecular weight is 473 g/mol. The summed E-state index contributed by atoms with van der Waals surface area (Å²) in [6.07, 6.45) is 1.91. The molecule has 3 aromatic rings. The fourth-order valence-electron chi connectivity index (χ4n) is 4.54. The first-order valence-electron chi connectivity index (χ1n) is 11.4. The van der Waals surface area contributed by atoms with E-state index in [4.69, 9.17) is 9.47 Å². The van der Waals surface area contributed by atoms with E-state index in [0.29, 0.717) is 29.6 Å². The molecule has 4 N–H and O–H groups in total. The van der Waals surface area contributed by atoms with Gasteiger partial charge in [-0.1, -0.05) is 6.07 Å². The molecule has 6 rings (SSSR count). The van der Waals surface area contributed by atoms with Gasteiger partial charge < -0.3 is 30.7 Å². The van der Waals surface area contributed by atoms with Gasteiger partial charge in [0, 0.05) is 29.6 Å². The van der Waals surface area contributed by atoms with Crippen LogP contribution in [0.25, 0.3) is 0 Å². The van der Waals surface area contributed by atoms with Crippen LogP contribution in [0.4, 0.5) is 33.6 Å². The maximum absolute atomic E-state index is 12.3. The summed E-state index contributed by atoms with van der Waals surface area (Å²) in [5.74, 6) is 1.47. The highest BCUT2D eigenvalue weighted by atomic mass is 16.6. The molecule has 2 aromatic carbocycles. The van der Waals surface area contributed by atoms with Crippen molar-refractivity contribution in [2.24, 2.45) is 0 Å². The Bertz CT molecular complexity index is 1390. The van der Waals surface area contributed by atoms with E-state index in [2.05, 4.69) is 31.2 Å². The monoisotopic (exact) mass is 472 g/mol. The normalized spacial score (nSPS) is 21.0. The minimum atomic E-state index is -0.916. The highest BCUT2D eigenvalue weighted by molar-refractivity contribution is 6.00. The molecule has 2 atom stereocenters. The molecule has 1 aromatic heterocycles. The maximum atomic E-state index is 12.3. The second kappa shape index (κ2) is 7.59. The molecule has 10 heteroatoms. The molecule has 2 aliphatic heterocycles. The summed E-state index contributed by atoms with van der Waals surface area (Å²) < 4.78 is 11.1. The smallest absolute Gasteiger partial charge is 0.408 e. The number of carbonyl (C=O) groups excluding carboxylic acids is 2. The van der Waals surface area contributed by atoms with Crippen molar-refractivity contribution < 1.29 is 19.1 Å². The van der Waals surface area contributed by atoms with Crippen LogP contribution < -0.4 is 26.0 Å². The lowest BCUT2D eigenvalue weighted by Gasteiger charge is -2.31. The Labute approximate surface area is 201 Å². The van der Waals surface area contributed by atoms with E-state index in [1.54, 1.807) is 20.0 Å². The molecule has 1 fully saturated rings. The molecule has 3 heterocycles. The van der Waals surface area contributed by atoms with Crippen LogP contribution in [0.1, 0.15) is 36.6 Å². The zero-order valence-electron chi connectivity index (χ0n) is 19.4. The van der Waals surface area contributed by atoms with Crippen molar-refractivity contribution in [1.29, 1.82) is 0 Å². The lowest BCUT2D eigenvalue weighted by atomic mass is 10.1. The second-order valence-electron chi connectivity index (χ2n) is 9.44. The van der Waals surface area contributed by atoms with E-state index in [1.807, 2.05) is 43.3 Å². The summed E-state index contributed by atoms with van der Waals surface area (Å²) in [5, 5.41) is 12.3. The quantitative estimate of drug-likeness (QED) is 0.447. The van der Waals surface area contributed by atoms with Crippen molar-refractivity contribution in [3.63, 3.8) is 0 Å². The molecule has 1 saturated heterocycles. The molecule has 35 heavy (non-hydrogen) atoms. The summed E-state index contributed by atoms with van der Waals surface area (Å²) in [5.41, 5.74) is 4.31. The average Bonchev–Trinajstić information content (AvgIpc) is 3.33. The molecule has 178 valence electrons. The third-order valence-electron chi connectivity index (χ3n) is 6.44. The van der Waals surface area contributed by atoms with Crippen molar-refractivity contribution >= 4 is 40.8 Å². The molecule has 10 nitrogen and oxygen atoms in total. The summed E-state index contributed by atoms with van der Waals surface area (Å²) >= 11 is 0. The molecule has 1 unspecified atom stereocenters. The number of carbonyl (C=O) groups is 2. The molecule has 0 bridgehead atoms. The summed E-state index contributed by atoms with van der Waals surface area (Å²) in [6, 6.07) is 11.4. The van der Waals surface area contributed by atoms with E-state index in [-0.39, 0.29) is 24.1 Å². The van der Waals surface area contributed by atoms with Crippen molar-refractivity contribution in [2.45, 2.75) is 44.9 Å². The number of fused-ring (bicyclic) bond motifs is 4. The molecular formula is C25H24N6O4. The van der Waals surface area contributed by atoms with Gasteiger partial charge in [0.1, 0.15) is 17.7 Å². The van der Waals surface area contributed by atoms with Gasteiger partial charge in [0.25, 0.3) is 5.91 Å². The van der Waals surface area contributed by atoms with Crippen LogP contribution in [0.2, 0.25) is 0 Å². The lowest BCUT2D eigenvalue weighted by Crippen LogP contribution is -2.45. The van der Waals surface area contributed by atoms with Gasteiger partial charge in [-0.05, 0) is 62.2 Å². The number of ether oxygens (including phenoxy) is 2. The van der Waals surface area contributed by atoms with E-state index < -0.39 is 5.60 Å². The van der Waals surface area contributed by atoms with Crippen LogP contribution in [0.3, 0.4) is 0 Å². The number of hydrogen-bond donors (Lipinski definition) is 4. The number of alkyl carbamates (subject to hydrolysis) is 1. The first-order chi connectivity index (χ1) is 16.7. The predicted octanol–water partition coefficient (Wildman–Crippen LogP) is 4.09. The van der Waals surface area contributed by atoms with Gasteiger partial charge in [-0.2, -0.15) is 4.98 Å². The third kappa shape index (κ3) is 3.76. The van der Waals surface area contributed by atoms with Crippen LogP contribution in [0.5, 0.6) is 5.75 Å². The van der Waals surface area contributed by atoms with Gasteiger partial charge in [-0.15, -0.1) is 0 Å². The Morgan fingerprint density at radius 2 is 1.89 bits per heavy atom. The van der Waals surface area contributed by atoms with Crippen LogP contribution >= 0.6 is 0 Å². The highest BCUT2D eigenvalue weighted by Gasteiger charge is 2.41. The molecule has 0 radical (unpaired) electrons. The van der Waals surface area contributed by atoms with Gasteiger partial charge in [-0.25, -0.2) is 9.78 Å². The van der Waals surface area contributed by atoms with Crippen molar-refractivity contribution in [1.82, 2.24) is 15.3 Å². The second-order valence-corrected chi connectivity index (χ2v) is 9.44. The van der Waals surface area contributed by atoms with Gasteiger partial charge in [-0.3, -0.25) is 4.79 Å². The molecule has 1 aliphatic carbocycles. The van der Waals surface area contributed by atoms with E-state index in [0.717, 1.165) is 28.1 Å². The van der Waals surface area contributed by atoms with Crippen LogP contribution in [-0.4, -0.2) is 33.7 Å². The minimum absolute atomic E-state index is 0.130. The highest BCUT2D eigenvalue weighted by Crippen LogP contribution is 2.39. The summed E-state index contributed by atoms with van der Waals surface area (Å²) in [4.78, 5) is 32.9. The standard InChI is InChI=1S/C25H24N6O4/c1-12-11-26-23(28-14-5-4-13-8-19-20(16(13)9-14)30-24(33)34-19)31-21(12)27-15-6-7-18-17(10-15)29-22(32)25(2,3)35-18/h4-7,9-11,19-20H,8H2,1-3H3,(H,29,32)(H,30,33)(H2,26,27,28,31)/t19?,20-/m1/s1. The van der Waals surface area contributed by atoms with Crippen molar-refractivity contribution in [3.8, 4) is 5.75 Å². The van der Waals surface area contributed by atoms with E-state index >= 15 is 0 Å². The number of anilines is 5.